The molecule has 1 heterocycles. The van der Waals surface area contributed by atoms with Crippen LogP contribution in [-0.4, -0.2) is 11.1 Å². The van der Waals surface area contributed by atoms with E-state index in [9.17, 15) is 10.0 Å². The number of amides is 1. The maximum atomic E-state index is 12.1. The number of nitrogens with zero attached hydrogens (tertiary/aromatic N) is 1. The van der Waals surface area contributed by atoms with Crippen LogP contribution in [0.25, 0.3) is 0 Å². The van der Waals surface area contributed by atoms with E-state index in [0.717, 1.165) is 0 Å². The summed E-state index contributed by atoms with van der Waals surface area (Å²) in [6, 6.07) is 13.8. The van der Waals surface area contributed by atoms with Crippen molar-refractivity contribution in [3.8, 4) is 5.75 Å². The van der Waals surface area contributed by atoms with Crippen molar-refractivity contribution in [2.24, 2.45) is 0 Å². The fraction of sp³-hybridized carbons (Fsp3) is 0.0714. The minimum Gasteiger partial charge on any atom is -0.472 e. The lowest BCUT2D eigenvalue weighted by Gasteiger charge is -2.30. The second-order valence-corrected chi connectivity index (χ2v) is 4.55. The summed E-state index contributed by atoms with van der Waals surface area (Å²) in [6.45, 7) is 0. The number of fused-ring (bicyclic) bond motifs is 1. The van der Waals surface area contributed by atoms with Gasteiger partial charge in [-0.3, -0.25) is 10.0 Å². The van der Waals surface area contributed by atoms with Gasteiger partial charge in [0.25, 0.3) is 5.91 Å². The van der Waals surface area contributed by atoms with Gasteiger partial charge in [0, 0.05) is 5.56 Å². The Labute approximate surface area is 114 Å². The molecule has 1 unspecified atom stereocenters. The highest BCUT2D eigenvalue weighted by Crippen LogP contribution is 2.42. The van der Waals surface area contributed by atoms with Crippen LogP contribution < -0.4 is 9.80 Å². The molecule has 4 nitrogen and oxygen atoms in total. The number of rotatable bonds is 1. The first-order valence-electron chi connectivity index (χ1n) is 5.71. The van der Waals surface area contributed by atoms with Crippen LogP contribution in [0.3, 0.4) is 0 Å². The lowest BCUT2D eigenvalue weighted by molar-refractivity contribution is -0.132. The van der Waals surface area contributed by atoms with Crippen molar-refractivity contribution in [1.29, 1.82) is 0 Å². The van der Waals surface area contributed by atoms with E-state index in [1.807, 2.05) is 6.07 Å². The molecule has 1 aliphatic heterocycles. The summed E-state index contributed by atoms with van der Waals surface area (Å²) in [5.74, 6) is -0.235. The molecular weight excluding hydrogens is 266 g/mol. The van der Waals surface area contributed by atoms with Gasteiger partial charge >= 0.3 is 0 Å². The van der Waals surface area contributed by atoms with Crippen molar-refractivity contribution in [2.75, 3.05) is 5.06 Å². The van der Waals surface area contributed by atoms with Crippen LogP contribution in [0.1, 0.15) is 11.7 Å². The van der Waals surface area contributed by atoms with Crippen molar-refractivity contribution >= 4 is 23.2 Å². The third-order valence-corrected chi connectivity index (χ3v) is 3.24. The van der Waals surface area contributed by atoms with Gasteiger partial charge in [-0.25, -0.2) is 0 Å². The fourth-order valence-corrected chi connectivity index (χ4v) is 2.23. The largest absolute Gasteiger partial charge is 0.472 e. The second-order valence-electron chi connectivity index (χ2n) is 4.15. The third-order valence-electron chi connectivity index (χ3n) is 2.95. The number of anilines is 1. The molecule has 1 aliphatic rings. The molecule has 1 N–H and O–H groups in total. The second kappa shape index (κ2) is 4.57. The average molecular weight is 276 g/mol. The summed E-state index contributed by atoms with van der Waals surface area (Å²) in [4.78, 5) is 12.1. The zero-order valence-corrected chi connectivity index (χ0v) is 10.5. The number of hydrogen-bond acceptors (Lipinski definition) is 3. The van der Waals surface area contributed by atoms with Gasteiger partial charge in [-0.15, -0.1) is 0 Å². The van der Waals surface area contributed by atoms with E-state index in [4.69, 9.17) is 16.3 Å². The molecule has 0 fully saturated rings. The quantitative estimate of drug-likeness (QED) is 0.813. The summed E-state index contributed by atoms with van der Waals surface area (Å²) >= 11 is 6.03. The van der Waals surface area contributed by atoms with E-state index in [0.29, 0.717) is 21.4 Å². The first kappa shape index (κ1) is 12.0. The van der Waals surface area contributed by atoms with Crippen LogP contribution >= 0.6 is 11.6 Å². The van der Waals surface area contributed by atoms with Crippen LogP contribution in [0.5, 0.6) is 5.75 Å². The van der Waals surface area contributed by atoms with Crippen LogP contribution in [0, 0.1) is 0 Å². The molecule has 0 spiro atoms. The molecule has 1 amide bonds. The Morgan fingerprint density at radius 1 is 1.11 bits per heavy atom. The Hall–Kier alpha value is -2.04. The molecular formula is C14H10ClNO3. The molecule has 0 saturated carbocycles. The molecule has 0 aliphatic carbocycles. The Morgan fingerprint density at radius 2 is 1.84 bits per heavy atom. The van der Waals surface area contributed by atoms with E-state index >= 15 is 0 Å². The maximum absolute atomic E-state index is 12.1. The number of para-hydroxylation sites is 1. The smallest absolute Gasteiger partial charge is 0.296 e. The maximum Gasteiger partial charge on any atom is 0.296 e. The molecule has 0 saturated heterocycles. The Morgan fingerprint density at radius 3 is 2.58 bits per heavy atom. The summed E-state index contributed by atoms with van der Waals surface area (Å²) in [7, 11) is 0. The minimum atomic E-state index is -0.890. The van der Waals surface area contributed by atoms with Crippen molar-refractivity contribution in [3.63, 3.8) is 0 Å². The highest BCUT2D eigenvalue weighted by Gasteiger charge is 2.36. The van der Waals surface area contributed by atoms with E-state index in [1.54, 1.807) is 42.5 Å². The molecule has 19 heavy (non-hydrogen) atoms. The van der Waals surface area contributed by atoms with Crippen LogP contribution in [0.4, 0.5) is 5.69 Å². The number of carbonyl (C=O) groups excluding carboxylic acids is 1. The van der Waals surface area contributed by atoms with Crippen molar-refractivity contribution in [1.82, 2.24) is 0 Å². The van der Waals surface area contributed by atoms with Gasteiger partial charge in [0.05, 0.1) is 5.02 Å². The number of benzene rings is 2. The average Bonchev–Trinajstić information content (AvgIpc) is 2.44. The number of carbonyl (C=O) groups is 1. The SMILES string of the molecule is O=C1C(c2ccccc2)Oc2c(Cl)cccc2N1O. The summed E-state index contributed by atoms with van der Waals surface area (Å²) in [5.41, 5.74) is 0.918. The molecule has 2 aromatic rings. The van der Waals surface area contributed by atoms with Gasteiger partial charge in [-0.2, -0.15) is 5.06 Å². The summed E-state index contributed by atoms with van der Waals surface area (Å²) in [6.07, 6.45) is -0.890. The Balaban J connectivity index is 2.08. The Bertz CT molecular complexity index is 630. The van der Waals surface area contributed by atoms with Crippen molar-refractivity contribution in [3.05, 3.63) is 59.1 Å². The molecule has 0 aromatic heterocycles. The van der Waals surface area contributed by atoms with Crippen LogP contribution in [-0.2, 0) is 4.79 Å². The molecule has 1 atom stereocenters. The molecule has 96 valence electrons. The third kappa shape index (κ3) is 1.95. The normalized spacial score (nSPS) is 17.9. The monoisotopic (exact) mass is 275 g/mol. The topological polar surface area (TPSA) is 49.8 Å². The van der Waals surface area contributed by atoms with Crippen LogP contribution in [0.15, 0.2) is 48.5 Å². The van der Waals surface area contributed by atoms with E-state index in [1.165, 1.54) is 0 Å². The number of hydrogen-bond donors (Lipinski definition) is 1. The van der Waals surface area contributed by atoms with E-state index < -0.39 is 12.0 Å². The standard InChI is InChI=1S/C14H10ClNO3/c15-10-7-4-8-11-13(10)19-12(14(17)16(11)18)9-5-2-1-3-6-9/h1-8,12,18H. The molecule has 0 radical (unpaired) electrons. The zero-order chi connectivity index (χ0) is 13.4. The number of hydroxylamine groups is 1. The summed E-state index contributed by atoms with van der Waals surface area (Å²) in [5, 5.41) is 10.9. The predicted octanol–water partition coefficient (Wildman–Crippen LogP) is 3.20. The first-order valence-corrected chi connectivity index (χ1v) is 6.09. The van der Waals surface area contributed by atoms with Crippen LogP contribution in [0.2, 0.25) is 5.02 Å². The zero-order valence-electron chi connectivity index (χ0n) is 9.79. The first-order chi connectivity index (χ1) is 9.18. The molecule has 5 heteroatoms. The minimum absolute atomic E-state index is 0.254. The summed E-state index contributed by atoms with van der Waals surface area (Å²) < 4.78 is 5.65. The highest BCUT2D eigenvalue weighted by molar-refractivity contribution is 6.32. The van der Waals surface area contributed by atoms with E-state index in [2.05, 4.69) is 0 Å². The van der Waals surface area contributed by atoms with Crippen molar-refractivity contribution in [2.45, 2.75) is 6.10 Å². The number of ether oxygens (including phenoxy) is 1. The molecule has 0 bridgehead atoms. The van der Waals surface area contributed by atoms with Gasteiger partial charge in [-0.1, -0.05) is 48.0 Å². The Kier molecular flexibility index (Phi) is 2.89. The fourth-order valence-electron chi connectivity index (χ4n) is 2.02. The van der Waals surface area contributed by atoms with Gasteiger partial charge < -0.3 is 4.74 Å². The lowest BCUT2D eigenvalue weighted by atomic mass is 10.1. The molecule has 3 rings (SSSR count). The lowest BCUT2D eigenvalue weighted by Crippen LogP contribution is -2.38. The van der Waals surface area contributed by atoms with Gasteiger partial charge in [0.1, 0.15) is 5.69 Å². The highest BCUT2D eigenvalue weighted by atomic mass is 35.5. The van der Waals surface area contributed by atoms with E-state index in [-0.39, 0.29) is 5.69 Å². The van der Waals surface area contributed by atoms with Crippen molar-refractivity contribution < 1.29 is 14.7 Å². The van der Waals surface area contributed by atoms with Gasteiger partial charge in [0.15, 0.2) is 5.75 Å². The van der Waals surface area contributed by atoms with Gasteiger partial charge in [-0.05, 0) is 12.1 Å². The van der Waals surface area contributed by atoms with Gasteiger partial charge in [0.2, 0.25) is 6.10 Å². The molecule has 2 aromatic carbocycles. The number of halogens is 1. The predicted molar refractivity (Wildman–Crippen MR) is 70.5 cm³/mol.